The summed E-state index contributed by atoms with van der Waals surface area (Å²) in [6.45, 7) is 4.75. The van der Waals surface area contributed by atoms with E-state index in [1.54, 1.807) is 16.0 Å². The van der Waals surface area contributed by atoms with Crippen LogP contribution in [0.1, 0.15) is 47.2 Å². The predicted molar refractivity (Wildman–Crippen MR) is 60.8 cm³/mol. The summed E-state index contributed by atoms with van der Waals surface area (Å²) in [6.07, 6.45) is 4.96. The van der Waals surface area contributed by atoms with E-state index >= 15 is 0 Å². The van der Waals surface area contributed by atoms with Crippen molar-refractivity contribution in [1.29, 1.82) is 0 Å². The zero-order valence-corrected chi connectivity index (χ0v) is 9.71. The minimum Gasteiger partial charge on any atom is -0.323 e. The number of fused-ring (bicyclic) bond motifs is 3. The van der Waals surface area contributed by atoms with Crippen LogP contribution in [-0.2, 0) is 19.3 Å². The van der Waals surface area contributed by atoms with Crippen molar-refractivity contribution in [2.75, 3.05) is 0 Å². The Morgan fingerprint density at radius 1 is 1.29 bits per heavy atom. The fraction of sp³-hybridized carbons (Fsp3) is 0.667. The van der Waals surface area contributed by atoms with Crippen molar-refractivity contribution in [3.8, 4) is 0 Å². The van der Waals surface area contributed by atoms with Crippen LogP contribution in [0.2, 0.25) is 0 Å². The van der Waals surface area contributed by atoms with Crippen molar-refractivity contribution in [3.63, 3.8) is 0 Å². The smallest absolute Gasteiger partial charge is 0.0395 e. The molecule has 0 spiro atoms. The molecule has 0 aliphatic heterocycles. The van der Waals surface area contributed by atoms with Gasteiger partial charge in [-0.1, -0.05) is 13.8 Å². The highest BCUT2D eigenvalue weighted by Crippen LogP contribution is 2.48. The summed E-state index contributed by atoms with van der Waals surface area (Å²) in [5, 5.41) is 0. The van der Waals surface area contributed by atoms with Gasteiger partial charge in [-0.3, -0.25) is 0 Å². The number of hydrogen-bond acceptors (Lipinski definition) is 2. The van der Waals surface area contributed by atoms with Gasteiger partial charge < -0.3 is 5.73 Å². The third-order valence-corrected chi connectivity index (χ3v) is 4.97. The molecule has 14 heavy (non-hydrogen) atoms. The van der Waals surface area contributed by atoms with Gasteiger partial charge in [0.15, 0.2) is 0 Å². The molecule has 1 atom stereocenters. The Balaban J connectivity index is 2.08. The summed E-state index contributed by atoms with van der Waals surface area (Å²) in [6, 6.07) is 0.351. The standard InChI is InChI=1S/C12H17NS/c1-12(2)5-8-7-3-4-9(13)11(7)14-10(8)6-12/h9H,3-6,13H2,1-2H3. The van der Waals surface area contributed by atoms with Crippen molar-refractivity contribution in [3.05, 3.63) is 20.9 Å². The quantitative estimate of drug-likeness (QED) is 0.695. The van der Waals surface area contributed by atoms with Gasteiger partial charge in [0.1, 0.15) is 0 Å². The lowest BCUT2D eigenvalue weighted by atomic mass is 9.90. The molecule has 0 amide bonds. The van der Waals surface area contributed by atoms with E-state index in [9.17, 15) is 0 Å². The molecule has 2 aliphatic carbocycles. The molecular formula is C12H17NS. The molecule has 0 aromatic carbocycles. The molecule has 1 aromatic heterocycles. The monoisotopic (exact) mass is 207 g/mol. The van der Waals surface area contributed by atoms with Gasteiger partial charge in [-0.25, -0.2) is 0 Å². The minimum absolute atomic E-state index is 0.351. The van der Waals surface area contributed by atoms with Crippen molar-refractivity contribution in [2.24, 2.45) is 11.1 Å². The van der Waals surface area contributed by atoms with Crippen LogP contribution in [-0.4, -0.2) is 0 Å². The average molecular weight is 207 g/mol. The van der Waals surface area contributed by atoms with Gasteiger partial charge in [-0.15, -0.1) is 11.3 Å². The molecule has 0 bridgehead atoms. The maximum Gasteiger partial charge on any atom is 0.0395 e. The van der Waals surface area contributed by atoms with Crippen LogP contribution in [0.15, 0.2) is 0 Å². The lowest BCUT2D eigenvalue weighted by molar-refractivity contribution is 0.393. The van der Waals surface area contributed by atoms with Gasteiger partial charge in [-0.05, 0) is 42.2 Å². The van der Waals surface area contributed by atoms with E-state index in [-0.39, 0.29) is 0 Å². The SMILES string of the molecule is CC1(C)Cc2sc3c(c2C1)CCC3N. The molecule has 1 heterocycles. The Morgan fingerprint density at radius 2 is 2.07 bits per heavy atom. The molecule has 2 aliphatic rings. The van der Waals surface area contributed by atoms with Crippen LogP contribution in [0.5, 0.6) is 0 Å². The zero-order chi connectivity index (χ0) is 9.92. The summed E-state index contributed by atoms with van der Waals surface area (Å²) in [5.41, 5.74) is 9.89. The first-order valence-corrected chi connectivity index (χ1v) is 6.27. The van der Waals surface area contributed by atoms with E-state index in [1.165, 1.54) is 30.6 Å². The van der Waals surface area contributed by atoms with E-state index in [4.69, 9.17) is 5.73 Å². The minimum atomic E-state index is 0.351. The second-order valence-electron chi connectivity index (χ2n) is 5.51. The molecule has 1 unspecified atom stereocenters. The predicted octanol–water partition coefficient (Wildman–Crippen LogP) is 2.82. The molecule has 1 aromatic rings. The molecule has 0 saturated carbocycles. The first kappa shape index (κ1) is 8.93. The molecule has 0 radical (unpaired) electrons. The number of rotatable bonds is 0. The molecular weight excluding hydrogens is 190 g/mol. The Bertz CT molecular complexity index is 389. The lowest BCUT2D eigenvalue weighted by Gasteiger charge is -2.16. The van der Waals surface area contributed by atoms with Gasteiger partial charge in [0, 0.05) is 15.8 Å². The normalized spacial score (nSPS) is 27.8. The van der Waals surface area contributed by atoms with E-state index < -0.39 is 0 Å². The maximum atomic E-state index is 6.09. The molecule has 2 N–H and O–H groups in total. The summed E-state index contributed by atoms with van der Waals surface area (Å²) in [4.78, 5) is 3.14. The Hall–Kier alpha value is -0.340. The topological polar surface area (TPSA) is 26.0 Å². The van der Waals surface area contributed by atoms with Crippen LogP contribution in [0.25, 0.3) is 0 Å². The Labute approximate surface area is 89.3 Å². The summed E-state index contributed by atoms with van der Waals surface area (Å²) < 4.78 is 0. The first-order chi connectivity index (χ1) is 6.57. The van der Waals surface area contributed by atoms with E-state index in [1.807, 2.05) is 11.3 Å². The summed E-state index contributed by atoms with van der Waals surface area (Å²) in [7, 11) is 0. The molecule has 2 heteroatoms. The third kappa shape index (κ3) is 1.10. The second-order valence-corrected chi connectivity index (χ2v) is 6.65. The highest BCUT2D eigenvalue weighted by atomic mass is 32.1. The molecule has 1 nitrogen and oxygen atoms in total. The maximum absolute atomic E-state index is 6.09. The Kier molecular flexibility index (Phi) is 1.67. The first-order valence-electron chi connectivity index (χ1n) is 5.46. The van der Waals surface area contributed by atoms with Crippen molar-refractivity contribution < 1.29 is 0 Å². The number of nitrogens with two attached hydrogens (primary N) is 1. The van der Waals surface area contributed by atoms with Gasteiger partial charge in [0.05, 0.1) is 0 Å². The van der Waals surface area contributed by atoms with Gasteiger partial charge in [-0.2, -0.15) is 0 Å². The number of hydrogen-bond donors (Lipinski definition) is 1. The van der Waals surface area contributed by atoms with Crippen LogP contribution >= 0.6 is 11.3 Å². The third-order valence-electron chi connectivity index (χ3n) is 3.57. The van der Waals surface area contributed by atoms with E-state index in [0.717, 1.165) is 0 Å². The molecule has 3 rings (SSSR count). The van der Waals surface area contributed by atoms with Gasteiger partial charge in [0.2, 0.25) is 0 Å². The highest BCUT2D eigenvalue weighted by Gasteiger charge is 2.36. The molecule has 76 valence electrons. The average Bonchev–Trinajstić information content (AvgIpc) is 2.63. The lowest BCUT2D eigenvalue weighted by Crippen LogP contribution is -2.10. The van der Waals surface area contributed by atoms with Crippen LogP contribution < -0.4 is 5.73 Å². The van der Waals surface area contributed by atoms with Crippen LogP contribution in [0, 0.1) is 5.41 Å². The fourth-order valence-electron chi connectivity index (χ4n) is 2.90. The summed E-state index contributed by atoms with van der Waals surface area (Å²) in [5.74, 6) is 0. The van der Waals surface area contributed by atoms with Crippen molar-refractivity contribution >= 4 is 11.3 Å². The highest BCUT2D eigenvalue weighted by molar-refractivity contribution is 7.12. The number of thiophene rings is 1. The Morgan fingerprint density at radius 3 is 2.86 bits per heavy atom. The van der Waals surface area contributed by atoms with Gasteiger partial charge in [0.25, 0.3) is 0 Å². The van der Waals surface area contributed by atoms with E-state index in [0.29, 0.717) is 11.5 Å². The zero-order valence-electron chi connectivity index (χ0n) is 8.89. The van der Waals surface area contributed by atoms with Crippen LogP contribution in [0.3, 0.4) is 0 Å². The van der Waals surface area contributed by atoms with Gasteiger partial charge >= 0.3 is 0 Å². The summed E-state index contributed by atoms with van der Waals surface area (Å²) >= 11 is 2.00. The van der Waals surface area contributed by atoms with Crippen molar-refractivity contribution in [2.45, 2.75) is 45.6 Å². The van der Waals surface area contributed by atoms with E-state index in [2.05, 4.69) is 13.8 Å². The largest absolute Gasteiger partial charge is 0.323 e. The fourth-order valence-corrected chi connectivity index (χ4v) is 4.57. The molecule has 0 saturated heterocycles. The molecule has 0 fully saturated rings. The second kappa shape index (κ2) is 2.61. The van der Waals surface area contributed by atoms with Crippen LogP contribution in [0.4, 0.5) is 0 Å². The van der Waals surface area contributed by atoms with Crippen molar-refractivity contribution in [1.82, 2.24) is 0 Å².